The molecule has 6 heteroatoms. The summed E-state index contributed by atoms with van der Waals surface area (Å²) in [7, 11) is 1.45. The monoisotopic (exact) mass is 252 g/mol. The average molecular weight is 252 g/mol. The van der Waals surface area contributed by atoms with E-state index in [0.29, 0.717) is 12.8 Å². The number of nitrogens with one attached hydrogen (secondary N) is 1. The van der Waals surface area contributed by atoms with E-state index in [4.69, 9.17) is 0 Å². The molecule has 1 rings (SSSR count). The van der Waals surface area contributed by atoms with Crippen LogP contribution in [-0.4, -0.2) is 43.7 Å². The van der Waals surface area contributed by atoms with E-state index < -0.39 is 18.0 Å². The Morgan fingerprint density at radius 3 is 2.35 bits per heavy atom. The summed E-state index contributed by atoms with van der Waals surface area (Å²) in [5.74, 6) is -0.178. The fraction of sp³-hybridized carbons (Fsp3) is 0.909. The lowest BCUT2D eigenvalue weighted by Crippen LogP contribution is -2.47. The molecule has 0 aliphatic carbocycles. The molecule has 0 radical (unpaired) electrons. The number of halogens is 3. The van der Waals surface area contributed by atoms with Crippen molar-refractivity contribution in [2.24, 2.45) is 5.41 Å². The minimum atomic E-state index is -4.20. The molecule has 0 bridgehead atoms. The van der Waals surface area contributed by atoms with Crippen molar-refractivity contribution in [2.45, 2.75) is 32.4 Å². The Hall–Kier alpha value is -0.780. The van der Waals surface area contributed by atoms with Crippen molar-refractivity contribution in [1.29, 1.82) is 0 Å². The average Bonchev–Trinajstić information content (AvgIpc) is 2.25. The molecule has 1 aliphatic rings. The van der Waals surface area contributed by atoms with Crippen LogP contribution in [0.25, 0.3) is 0 Å². The van der Waals surface area contributed by atoms with Crippen LogP contribution in [0.2, 0.25) is 0 Å². The Labute approximate surface area is 99.4 Å². The van der Waals surface area contributed by atoms with Crippen molar-refractivity contribution in [1.82, 2.24) is 10.2 Å². The number of carbonyl (C=O) groups is 1. The molecule has 0 aromatic carbocycles. The van der Waals surface area contributed by atoms with Crippen molar-refractivity contribution < 1.29 is 18.0 Å². The second-order valence-electron chi connectivity index (χ2n) is 4.90. The second kappa shape index (κ2) is 5.25. The van der Waals surface area contributed by atoms with E-state index in [1.165, 1.54) is 11.9 Å². The minimum Gasteiger partial charge on any atom is -0.345 e. The van der Waals surface area contributed by atoms with Gasteiger partial charge in [-0.15, -0.1) is 0 Å². The molecule has 0 atom stereocenters. The molecule has 1 fully saturated rings. The maximum absolute atomic E-state index is 12.1. The van der Waals surface area contributed by atoms with E-state index in [2.05, 4.69) is 5.32 Å². The minimum absolute atomic E-state index is 0.178. The summed E-state index contributed by atoms with van der Waals surface area (Å²) in [5, 5.41) is 3.14. The quantitative estimate of drug-likeness (QED) is 0.830. The van der Waals surface area contributed by atoms with Gasteiger partial charge in [-0.1, -0.05) is 6.92 Å². The third kappa shape index (κ3) is 4.18. The third-order valence-corrected chi connectivity index (χ3v) is 3.30. The number of carbonyl (C=O) groups excluding carboxylic acids is 1. The Bertz CT molecular complexity index is 272. The first-order valence-electron chi connectivity index (χ1n) is 5.78. The molecule has 1 aliphatic heterocycles. The summed E-state index contributed by atoms with van der Waals surface area (Å²) in [6.07, 6.45) is -3.78. The van der Waals surface area contributed by atoms with Crippen LogP contribution in [0, 0.1) is 5.41 Å². The topological polar surface area (TPSA) is 32.3 Å². The Balaban J connectivity index is 2.50. The fourth-order valence-corrected chi connectivity index (χ4v) is 2.05. The van der Waals surface area contributed by atoms with E-state index in [1.807, 2.05) is 6.92 Å². The summed E-state index contributed by atoms with van der Waals surface area (Å²) < 4.78 is 36.2. The molecule has 0 spiro atoms. The van der Waals surface area contributed by atoms with Gasteiger partial charge in [0.2, 0.25) is 5.91 Å². The number of alkyl halides is 3. The van der Waals surface area contributed by atoms with Gasteiger partial charge in [0, 0.05) is 19.0 Å². The van der Waals surface area contributed by atoms with Gasteiger partial charge in [0.15, 0.2) is 0 Å². The molecule has 100 valence electrons. The molecule has 3 nitrogen and oxygen atoms in total. The van der Waals surface area contributed by atoms with Crippen LogP contribution in [0.5, 0.6) is 0 Å². The lowest BCUT2D eigenvalue weighted by atomic mass is 9.79. The summed E-state index contributed by atoms with van der Waals surface area (Å²) in [6.45, 7) is 3.07. The van der Waals surface area contributed by atoms with E-state index in [1.54, 1.807) is 0 Å². The lowest BCUT2D eigenvalue weighted by molar-refractivity contribution is -0.150. The van der Waals surface area contributed by atoms with E-state index in [-0.39, 0.29) is 12.5 Å². The van der Waals surface area contributed by atoms with Gasteiger partial charge >= 0.3 is 6.18 Å². The molecule has 1 heterocycles. The molecule has 1 N–H and O–H groups in total. The van der Waals surface area contributed by atoms with Crippen LogP contribution in [0.15, 0.2) is 0 Å². The van der Waals surface area contributed by atoms with Gasteiger partial charge in [0.05, 0.1) is 6.42 Å². The zero-order valence-electron chi connectivity index (χ0n) is 10.2. The standard InChI is InChI=1S/C11H19F3N2O/c1-10(3-6-15-7-4-10)9(17)16(2)8-5-11(12,13)14/h15H,3-8H2,1-2H3. The number of piperidine rings is 1. The highest BCUT2D eigenvalue weighted by atomic mass is 19.4. The normalized spacial score (nSPS) is 20.1. The molecular weight excluding hydrogens is 233 g/mol. The van der Waals surface area contributed by atoms with Crippen molar-refractivity contribution in [3.63, 3.8) is 0 Å². The summed E-state index contributed by atoms with van der Waals surface area (Å²) in [5.41, 5.74) is -0.508. The first kappa shape index (κ1) is 14.3. The lowest BCUT2D eigenvalue weighted by Gasteiger charge is -2.36. The van der Waals surface area contributed by atoms with Crippen LogP contribution in [0.1, 0.15) is 26.2 Å². The van der Waals surface area contributed by atoms with E-state index in [0.717, 1.165) is 13.1 Å². The predicted molar refractivity (Wildman–Crippen MR) is 58.5 cm³/mol. The van der Waals surface area contributed by atoms with E-state index in [9.17, 15) is 18.0 Å². The van der Waals surface area contributed by atoms with Gasteiger partial charge in [0.25, 0.3) is 0 Å². The highest BCUT2D eigenvalue weighted by molar-refractivity contribution is 5.82. The largest absolute Gasteiger partial charge is 0.390 e. The maximum atomic E-state index is 12.1. The van der Waals surface area contributed by atoms with Crippen LogP contribution in [-0.2, 0) is 4.79 Å². The molecule has 1 saturated heterocycles. The number of hydrogen-bond acceptors (Lipinski definition) is 2. The predicted octanol–water partition coefficient (Wildman–Crippen LogP) is 1.79. The molecule has 0 aromatic rings. The zero-order chi connectivity index (χ0) is 13.1. The zero-order valence-corrected chi connectivity index (χ0v) is 10.2. The van der Waals surface area contributed by atoms with Gasteiger partial charge in [-0.25, -0.2) is 0 Å². The van der Waals surface area contributed by atoms with Gasteiger partial charge in [0.1, 0.15) is 0 Å². The van der Waals surface area contributed by atoms with Crippen molar-refractivity contribution >= 4 is 5.91 Å². The smallest absolute Gasteiger partial charge is 0.345 e. The van der Waals surface area contributed by atoms with Crippen LogP contribution < -0.4 is 5.32 Å². The van der Waals surface area contributed by atoms with Gasteiger partial charge < -0.3 is 10.2 Å². The first-order valence-corrected chi connectivity index (χ1v) is 5.78. The molecule has 0 saturated carbocycles. The maximum Gasteiger partial charge on any atom is 0.390 e. The Morgan fingerprint density at radius 2 is 1.88 bits per heavy atom. The second-order valence-corrected chi connectivity index (χ2v) is 4.90. The van der Waals surface area contributed by atoms with Crippen LogP contribution >= 0.6 is 0 Å². The number of hydrogen-bond donors (Lipinski definition) is 1. The molecule has 17 heavy (non-hydrogen) atoms. The molecule has 1 amide bonds. The van der Waals surface area contributed by atoms with Gasteiger partial charge in [-0.05, 0) is 25.9 Å². The SMILES string of the molecule is CN(CCC(F)(F)F)C(=O)C1(C)CCNCC1. The number of amides is 1. The third-order valence-electron chi connectivity index (χ3n) is 3.30. The molecular formula is C11H19F3N2O. The Kier molecular flexibility index (Phi) is 4.41. The van der Waals surface area contributed by atoms with Crippen molar-refractivity contribution in [3.05, 3.63) is 0 Å². The van der Waals surface area contributed by atoms with Gasteiger partial charge in [-0.3, -0.25) is 4.79 Å². The highest BCUT2D eigenvalue weighted by Gasteiger charge is 2.37. The van der Waals surface area contributed by atoms with Gasteiger partial charge in [-0.2, -0.15) is 13.2 Å². The summed E-state index contributed by atoms with van der Waals surface area (Å²) >= 11 is 0. The summed E-state index contributed by atoms with van der Waals surface area (Å²) in [6, 6.07) is 0. The summed E-state index contributed by atoms with van der Waals surface area (Å²) in [4.78, 5) is 13.3. The molecule has 0 aromatic heterocycles. The van der Waals surface area contributed by atoms with Crippen LogP contribution in [0.3, 0.4) is 0 Å². The first-order chi connectivity index (χ1) is 7.75. The number of rotatable bonds is 3. The highest BCUT2D eigenvalue weighted by Crippen LogP contribution is 2.30. The fourth-order valence-electron chi connectivity index (χ4n) is 2.05. The van der Waals surface area contributed by atoms with Crippen LogP contribution in [0.4, 0.5) is 13.2 Å². The van der Waals surface area contributed by atoms with Crippen molar-refractivity contribution in [2.75, 3.05) is 26.7 Å². The van der Waals surface area contributed by atoms with Crippen molar-refractivity contribution in [3.8, 4) is 0 Å². The number of nitrogens with zero attached hydrogens (tertiary/aromatic N) is 1. The van der Waals surface area contributed by atoms with E-state index >= 15 is 0 Å². The molecule has 0 unspecified atom stereocenters. The Morgan fingerprint density at radius 1 is 1.35 bits per heavy atom.